The summed E-state index contributed by atoms with van der Waals surface area (Å²) in [5.74, 6) is 0. The van der Waals surface area contributed by atoms with Crippen LogP contribution in [0.4, 0.5) is 0 Å². The van der Waals surface area contributed by atoms with Crippen molar-refractivity contribution in [1.82, 2.24) is 0 Å². The Morgan fingerprint density at radius 1 is 0.475 bits per heavy atom. The molecule has 0 aromatic heterocycles. The summed E-state index contributed by atoms with van der Waals surface area (Å²) < 4.78 is 177. The molecule has 0 aromatic carbocycles. The maximum Gasteiger partial charge on any atom is 0.533 e. The Kier molecular flexibility index (Phi) is 17.7. The molecule has 0 aromatic rings. The lowest BCUT2D eigenvalue weighted by Crippen LogP contribution is -2.55. The van der Waals surface area contributed by atoms with Crippen LogP contribution < -0.4 is 0 Å². The van der Waals surface area contributed by atoms with Crippen molar-refractivity contribution in [3.63, 3.8) is 0 Å². The minimum absolute atomic E-state index is 1.48. The van der Waals surface area contributed by atoms with Crippen LogP contribution in [0.3, 0.4) is 0 Å². The smallest absolute Gasteiger partial charge is 0.533 e. The van der Waals surface area contributed by atoms with Crippen molar-refractivity contribution in [2.45, 2.75) is 45.8 Å². The third-order valence-corrected chi connectivity index (χ3v) is 113. The molecular weight excluding hydrogens is 818 g/mol. The van der Waals surface area contributed by atoms with Gasteiger partial charge in [-0.2, -0.15) is 0 Å². The van der Waals surface area contributed by atoms with E-state index in [0.29, 0.717) is 0 Å². The van der Waals surface area contributed by atoms with Gasteiger partial charge in [-0.05, 0) is 45.8 Å². The highest BCUT2D eigenvalue weighted by Gasteiger charge is 2.54. The molecule has 216 valence electrons. The predicted octanol–water partition coefficient (Wildman–Crippen LogP) is -4.94. The van der Waals surface area contributed by atoms with E-state index in [9.17, 15) is 58.0 Å². The van der Waals surface area contributed by atoms with Crippen LogP contribution in [0.2, 0.25) is 45.8 Å². The fourth-order valence-corrected chi connectivity index (χ4v) is 156. The van der Waals surface area contributed by atoms with Crippen LogP contribution in [0.15, 0.2) is 0 Å². The van der Waals surface area contributed by atoms with Gasteiger partial charge in [0, 0.05) is 0 Å². The SMILES string of the molecule is C[SiH](O[Si](=O)[Si](=O)[Si](=O)[Si](=O)[Si](=O)[Si](=O)[Si](=O)[Si](=O)[Si](=O)[Si](=O)[Si](=O)[Si](=O)[Si](=O)[SiH2]O[Si](C)(C)C)O[Si](C)(C)C. The van der Waals surface area contributed by atoms with E-state index >= 15 is 0 Å². The monoisotopic (exact) mass is 840 g/mol. The summed E-state index contributed by atoms with van der Waals surface area (Å²) >= 11 is 0. The summed E-state index contributed by atoms with van der Waals surface area (Å²) in [6.45, 7) is 12.2. The molecule has 0 spiro atoms. The minimum atomic E-state index is -4.11. The minimum Gasteiger partial charge on any atom is -0.560 e. The second kappa shape index (κ2) is 17.3. The topological polar surface area (TPSA) is 250 Å². The molecule has 0 saturated carbocycles. The van der Waals surface area contributed by atoms with E-state index in [1.54, 1.807) is 39.3 Å². The highest BCUT2D eigenvalue weighted by molar-refractivity contribution is 7.79. The fourth-order valence-electron chi connectivity index (χ4n) is 2.22. The Morgan fingerprint density at radius 2 is 0.775 bits per heavy atom. The van der Waals surface area contributed by atoms with Gasteiger partial charge >= 0.3 is 110 Å². The molecule has 0 heterocycles. The second-order valence-electron chi connectivity index (χ2n) is 9.65. The van der Waals surface area contributed by atoms with Crippen molar-refractivity contribution in [3.05, 3.63) is 0 Å². The maximum atomic E-state index is 12.5. The van der Waals surface area contributed by atoms with Crippen molar-refractivity contribution in [1.29, 1.82) is 0 Å². The molecule has 33 heteroatoms. The van der Waals surface area contributed by atoms with E-state index in [1.807, 2.05) is 0 Å². The Balaban J connectivity index is 5.40. The van der Waals surface area contributed by atoms with Crippen molar-refractivity contribution in [3.8, 4) is 0 Å². The van der Waals surface area contributed by atoms with E-state index in [1.165, 1.54) is 6.55 Å². The summed E-state index contributed by atoms with van der Waals surface area (Å²) in [7, 11) is -58.5. The molecule has 0 rings (SSSR count). The molecule has 1 unspecified atom stereocenters. The van der Waals surface area contributed by atoms with Crippen LogP contribution in [0.1, 0.15) is 0 Å². The summed E-state index contributed by atoms with van der Waals surface area (Å²) in [5, 5.41) is 0. The summed E-state index contributed by atoms with van der Waals surface area (Å²) in [4.78, 5) is 0. The first-order chi connectivity index (χ1) is 17.9. The molecule has 0 N–H and O–H groups in total. The largest absolute Gasteiger partial charge is 0.560 e. The normalized spacial score (nSPS) is 12.2. The van der Waals surface area contributed by atoms with E-state index in [2.05, 4.69) is 0 Å². The van der Waals surface area contributed by atoms with Crippen LogP contribution >= 0.6 is 0 Å². The molecule has 0 saturated heterocycles. The van der Waals surface area contributed by atoms with Gasteiger partial charge < -0.3 is 70.4 Å². The van der Waals surface area contributed by atoms with Gasteiger partial charge in [-0.25, -0.2) is 0 Å². The van der Waals surface area contributed by atoms with Gasteiger partial charge in [0.2, 0.25) is 9.28 Å². The highest BCUT2D eigenvalue weighted by atomic mass is 30.1. The van der Waals surface area contributed by atoms with E-state index in [-0.39, 0.29) is 0 Å². The van der Waals surface area contributed by atoms with Gasteiger partial charge in [-0.1, -0.05) is 0 Å². The molecule has 0 aliphatic rings. The van der Waals surface area contributed by atoms with Crippen LogP contribution in [-0.2, 0) is 70.4 Å². The average Bonchev–Trinajstić information content (AvgIpc) is 2.84. The number of hydrogen-bond donors (Lipinski definition) is 0. The number of rotatable bonds is 19. The Labute approximate surface area is 250 Å². The standard InChI is InChI=1S/C7H24O16Si17/c1-25(23-40(5,6)7)22-26(8)28(10)30(12)32(14)34(16)36(18)38(20)37(19)35(17)33(15)31(13)29(11)27(9)24-21-39(2,3)4/h25H,24H2,1-7H3. The molecule has 0 aliphatic carbocycles. The van der Waals surface area contributed by atoms with Crippen molar-refractivity contribution >= 4 is 136 Å². The summed E-state index contributed by atoms with van der Waals surface area (Å²) in [6.07, 6.45) is 0. The second-order valence-corrected chi connectivity index (χ2v) is 85.5. The quantitative estimate of drug-likeness (QED) is 0.111. The van der Waals surface area contributed by atoms with Gasteiger partial charge in [0.15, 0.2) is 16.6 Å². The van der Waals surface area contributed by atoms with E-state index in [4.69, 9.17) is 12.3 Å². The van der Waals surface area contributed by atoms with Crippen LogP contribution in [0, 0.1) is 0 Å². The lowest BCUT2D eigenvalue weighted by Gasteiger charge is -2.22. The van der Waals surface area contributed by atoms with E-state index in [0.717, 1.165) is 0 Å². The predicted molar refractivity (Wildman–Crippen MR) is 155 cm³/mol. The Hall–Kier alpha value is 0.807. The zero-order valence-corrected chi connectivity index (χ0v) is 39.9. The van der Waals surface area contributed by atoms with Crippen molar-refractivity contribution in [2.75, 3.05) is 0 Å². The lowest BCUT2D eigenvalue weighted by molar-refractivity contribution is 0.403. The molecule has 16 nitrogen and oxygen atoms in total. The number of hydrogen-bond acceptors (Lipinski definition) is 16. The first-order valence-corrected chi connectivity index (χ1v) is 53.0. The van der Waals surface area contributed by atoms with Crippen LogP contribution in [0.25, 0.3) is 0 Å². The Morgan fingerprint density at radius 3 is 1.07 bits per heavy atom. The molecule has 0 radical (unpaired) electrons. The highest BCUT2D eigenvalue weighted by Crippen LogP contribution is 2.05. The Bertz CT molecular complexity index is 1270. The van der Waals surface area contributed by atoms with E-state index < -0.39 is 136 Å². The van der Waals surface area contributed by atoms with Gasteiger partial charge in [-0.15, -0.1) is 0 Å². The third-order valence-electron chi connectivity index (χ3n) is 3.93. The molecule has 0 fully saturated rings. The zero-order valence-electron chi connectivity index (χ0n) is 22.3. The first kappa shape index (κ1) is 40.8. The van der Waals surface area contributed by atoms with Crippen LogP contribution in [-0.4, -0.2) is 136 Å². The molecule has 40 heavy (non-hydrogen) atoms. The fraction of sp³-hybridized carbons (Fsp3) is 1.00. The van der Waals surface area contributed by atoms with Crippen LogP contribution in [0.5, 0.6) is 0 Å². The van der Waals surface area contributed by atoms with Gasteiger partial charge in [0.1, 0.15) is 0 Å². The van der Waals surface area contributed by atoms with Gasteiger partial charge in [0.25, 0.3) is 0 Å². The van der Waals surface area contributed by atoms with Crippen molar-refractivity contribution < 1.29 is 70.4 Å². The average molecular weight is 842 g/mol. The molecule has 0 bridgehead atoms. The molecular formula is C7H24O16Si17. The lowest BCUT2D eigenvalue weighted by atomic mass is 11.8. The molecule has 0 aliphatic heterocycles. The van der Waals surface area contributed by atoms with Crippen molar-refractivity contribution in [2.24, 2.45) is 0 Å². The first-order valence-electron chi connectivity index (χ1n) is 11.0. The van der Waals surface area contributed by atoms with Gasteiger partial charge in [-0.3, -0.25) is 0 Å². The van der Waals surface area contributed by atoms with Gasteiger partial charge in [0.05, 0.1) is 0 Å². The zero-order chi connectivity index (χ0) is 31.9. The molecule has 1 atom stereocenters. The molecule has 0 amide bonds. The third kappa shape index (κ3) is 13.6. The summed E-state index contributed by atoms with van der Waals surface area (Å²) in [5.41, 5.74) is 0. The maximum absolute atomic E-state index is 12.5. The summed E-state index contributed by atoms with van der Waals surface area (Å²) in [6, 6.07) is 0.